The fraction of sp³-hybridized carbons (Fsp3) is 0.200. The van der Waals surface area contributed by atoms with Crippen LogP contribution >= 0.6 is 11.6 Å². The van der Waals surface area contributed by atoms with E-state index in [1.807, 2.05) is 0 Å². The van der Waals surface area contributed by atoms with E-state index in [2.05, 4.69) is 16.6 Å². The molecule has 74 valence electrons. The summed E-state index contributed by atoms with van der Waals surface area (Å²) >= 11 is 5.30. The van der Waals surface area contributed by atoms with Crippen LogP contribution in [0.4, 0.5) is 8.78 Å². The molecule has 0 bridgehead atoms. The van der Waals surface area contributed by atoms with Crippen LogP contribution < -0.4 is 4.74 Å². The minimum Gasteiger partial charge on any atom is -0.491 e. The predicted molar refractivity (Wildman–Crippen MR) is 50.5 cm³/mol. The number of hydrogen-bond donors (Lipinski definition) is 0. The van der Waals surface area contributed by atoms with Crippen molar-refractivity contribution in [2.24, 2.45) is 0 Å². The Kier molecular flexibility index (Phi) is 3.73. The maximum Gasteiger partial charge on any atom is 0.190 e. The summed E-state index contributed by atoms with van der Waals surface area (Å²) in [6, 6.07) is 2.20. The first-order valence-electron chi connectivity index (χ1n) is 3.77. The summed E-state index contributed by atoms with van der Waals surface area (Å²) in [7, 11) is 1.20. The summed E-state index contributed by atoms with van der Waals surface area (Å²) in [5.41, 5.74) is 0.237. The van der Waals surface area contributed by atoms with Crippen molar-refractivity contribution in [1.82, 2.24) is 0 Å². The molecule has 0 aliphatic heterocycles. The van der Waals surface area contributed by atoms with Crippen LogP contribution in [-0.2, 0) is 0 Å². The molecule has 0 saturated carbocycles. The van der Waals surface area contributed by atoms with Gasteiger partial charge in [0.25, 0.3) is 0 Å². The molecule has 0 fully saturated rings. The van der Waals surface area contributed by atoms with Crippen LogP contribution in [0.3, 0.4) is 0 Å². The second kappa shape index (κ2) is 4.83. The largest absolute Gasteiger partial charge is 0.491 e. The van der Waals surface area contributed by atoms with Crippen LogP contribution in [0, 0.1) is 23.5 Å². The summed E-state index contributed by atoms with van der Waals surface area (Å²) in [6.45, 7) is 0. The van der Waals surface area contributed by atoms with E-state index in [1.54, 1.807) is 0 Å². The van der Waals surface area contributed by atoms with Crippen molar-refractivity contribution in [2.75, 3.05) is 13.0 Å². The summed E-state index contributed by atoms with van der Waals surface area (Å²) in [5, 5.41) is 0. The van der Waals surface area contributed by atoms with Crippen LogP contribution in [0.1, 0.15) is 5.56 Å². The molecule has 0 aromatic heterocycles. The van der Waals surface area contributed by atoms with E-state index < -0.39 is 17.4 Å². The Morgan fingerprint density at radius 3 is 2.36 bits per heavy atom. The van der Waals surface area contributed by atoms with Crippen molar-refractivity contribution in [3.63, 3.8) is 0 Å². The lowest BCUT2D eigenvalue weighted by Gasteiger charge is -2.02. The zero-order valence-electron chi connectivity index (χ0n) is 7.40. The van der Waals surface area contributed by atoms with Gasteiger partial charge in [0, 0.05) is 5.56 Å². The molecule has 0 amide bonds. The first-order chi connectivity index (χ1) is 6.69. The quantitative estimate of drug-likeness (QED) is 0.518. The SMILES string of the molecule is COc1c(F)cc(C#CCCl)cc1F. The highest BCUT2D eigenvalue weighted by atomic mass is 35.5. The Bertz CT molecular complexity index is 370. The van der Waals surface area contributed by atoms with E-state index >= 15 is 0 Å². The topological polar surface area (TPSA) is 9.23 Å². The zero-order valence-corrected chi connectivity index (χ0v) is 8.16. The summed E-state index contributed by atoms with van der Waals surface area (Å²) in [6.07, 6.45) is 0. The molecule has 1 aromatic rings. The standard InChI is InChI=1S/C10H7ClF2O/c1-14-10-8(12)5-7(3-2-4-11)6-9(10)13/h5-6H,4H2,1H3. The Balaban J connectivity index is 3.14. The minimum atomic E-state index is -0.772. The van der Waals surface area contributed by atoms with Crippen LogP contribution in [0.15, 0.2) is 12.1 Å². The lowest BCUT2D eigenvalue weighted by Crippen LogP contribution is -1.93. The van der Waals surface area contributed by atoms with Crippen LogP contribution in [0.2, 0.25) is 0 Å². The number of halogens is 3. The van der Waals surface area contributed by atoms with Gasteiger partial charge in [0.15, 0.2) is 17.4 Å². The monoisotopic (exact) mass is 216 g/mol. The summed E-state index contributed by atoms with van der Waals surface area (Å²) in [5.74, 6) is 3.18. The number of alkyl halides is 1. The van der Waals surface area contributed by atoms with Crippen molar-refractivity contribution in [3.05, 3.63) is 29.3 Å². The van der Waals surface area contributed by atoms with Gasteiger partial charge >= 0.3 is 0 Å². The molecule has 1 rings (SSSR count). The van der Waals surface area contributed by atoms with E-state index in [9.17, 15) is 8.78 Å². The molecule has 0 aliphatic rings. The first-order valence-corrected chi connectivity index (χ1v) is 4.30. The van der Waals surface area contributed by atoms with Crippen molar-refractivity contribution in [1.29, 1.82) is 0 Å². The highest BCUT2D eigenvalue weighted by Crippen LogP contribution is 2.22. The number of hydrogen-bond acceptors (Lipinski definition) is 1. The van der Waals surface area contributed by atoms with Gasteiger partial charge in [0.2, 0.25) is 0 Å². The zero-order chi connectivity index (χ0) is 10.6. The highest BCUT2D eigenvalue weighted by molar-refractivity contribution is 6.19. The molecule has 1 nitrogen and oxygen atoms in total. The van der Waals surface area contributed by atoms with Gasteiger partial charge in [-0.15, -0.1) is 11.6 Å². The molecule has 0 heterocycles. The Morgan fingerprint density at radius 2 is 1.93 bits per heavy atom. The smallest absolute Gasteiger partial charge is 0.190 e. The van der Waals surface area contributed by atoms with Gasteiger partial charge in [-0.3, -0.25) is 0 Å². The Morgan fingerprint density at radius 1 is 1.36 bits per heavy atom. The van der Waals surface area contributed by atoms with Crippen LogP contribution in [0.25, 0.3) is 0 Å². The fourth-order valence-electron chi connectivity index (χ4n) is 0.963. The van der Waals surface area contributed by atoms with E-state index in [-0.39, 0.29) is 11.4 Å². The van der Waals surface area contributed by atoms with Gasteiger partial charge in [0.05, 0.1) is 13.0 Å². The number of rotatable bonds is 1. The molecule has 14 heavy (non-hydrogen) atoms. The third kappa shape index (κ3) is 2.36. The maximum atomic E-state index is 13.1. The normalized spacial score (nSPS) is 9.14. The highest BCUT2D eigenvalue weighted by Gasteiger charge is 2.09. The van der Waals surface area contributed by atoms with Crippen molar-refractivity contribution < 1.29 is 13.5 Å². The van der Waals surface area contributed by atoms with Gasteiger partial charge in [-0.1, -0.05) is 11.8 Å². The summed E-state index contributed by atoms with van der Waals surface area (Å²) < 4.78 is 30.7. The molecule has 0 saturated heterocycles. The second-order valence-corrected chi connectivity index (χ2v) is 2.68. The summed E-state index contributed by atoms with van der Waals surface area (Å²) in [4.78, 5) is 0. The molecular formula is C10H7ClF2O. The van der Waals surface area contributed by atoms with Crippen molar-refractivity contribution in [2.45, 2.75) is 0 Å². The molecule has 0 spiro atoms. The van der Waals surface area contributed by atoms with Gasteiger partial charge in [-0.2, -0.15) is 0 Å². The molecule has 0 unspecified atom stereocenters. The predicted octanol–water partition coefficient (Wildman–Crippen LogP) is 2.56. The fourth-order valence-corrected chi connectivity index (χ4v) is 1.03. The Labute approximate surface area is 85.6 Å². The Hall–Kier alpha value is -1.27. The van der Waals surface area contributed by atoms with Crippen molar-refractivity contribution in [3.8, 4) is 17.6 Å². The third-order valence-corrected chi connectivity index (χ3v) is 1.64. The lowest BCUT2D eigenvalue weighted by molar-refractivity contribution is 0.359. The molecule has 0 atom stereocenters. The third-order valence-electron chi connectivity index (χ3n) is 1.50. The van der Waals surface area contributed by atoms with E-state index in [0.717, 1.165) is 12.1 Å². The van der Waals surface area contributed by atoms with Crippen LogP contribution in [0.5, 0.6) is 5.75 Å². The van der Waals surface area contributed by atoms with Gasteiger partial charge in [0.1, 0.15) is 0 Å². The van der Waals surface area contributed by atoms with Crippen LogP contribution in [-0.4, -0.2) is 13.0 Å². The number of benzene rings is 1. The number of ether oxygens (including phenoxy) is 1. The van der Waals surface area contributed by atoms with Gasteiger partial charge in [-0.05, 0) is 12.1 Å². The molecule has 0 radical (unpaired) electrons. The molecule has 4 heteroatoms. The van der Waals surface area contributed by atoms with Crippen molar-refractivity contribution >= 4 is 11.6 Å². The van der Waals surface area contributed by atoms with E-state index in [0.29, 0.717) is 0 Å². The second-order valence-electron chi connectivity index (χ2n) is 2.41. The average Bonchev–Trinajstić information content (AvgIpc) is 2.14. The maximum absolute atomic E-state index is 13.1. The lowest BCUT2D eigenvalue weighted by atomic mass is 10.2. The van der Waals surface area contributed by atoms with Gasteiger partial charge in [-0.25, -0.2) is 8.78 Å². The van der Waals surface area contributed by atoms with E-state index in [4.69, 9.17) is 11.6 Å². The minimum absolute atomic E-state index is 0.120. The average molecular weight is 217 g/mol. The molecule has 0 aliphatic carbocycles. The van der Waals surface area contributed by atoms with Gasteiger partial charge < -0.3 is 4.74 Å². The first kappa shape index (κ1) is 10.8. The van der Waals surface area contributed by atoms with E-state index in [1.165, 1.54) is 7.11 Å². The molecule has 0 N–H and O–H groups in total. The molecular weight excluding hydrogens is 210 g/mol. The number of methoxy groups -OCH3 is 1. The molecule has 1 aromatic carbocycles.